The first-order chi connectivity index (χ1) is 9.76. The number of guanidine groups is 1. The second kappa shape index (κ2) is 9.22. The average Bonchev–Trinajstić information content (AvgIpc) is 2.69. The Balaban J connectivity index is 0.00000220. The van der Waals surface area contributed by atoms with Gasteiger partial charge in [0, 0.05) is 39.0 Å². The summed E-state index contributed by atoms with van der Waals surface area (Å²) in [5.74, 6) is 2.82. The van der Waals surface area contributed by atoms with Crippen LogP contribution in [0.1, 0.15) is 44.8 Å². The van der Waals surface area contributed by atoms with Crippen LogP contribution in [0.15, 0.2) is 4.99 Å². The molecular weight excluding hydrogens is 379 g/mol. The average molecular weight is 406 g/mol. The summed E-state index contributed by atoms with van der Waals surface area (Å²) in [5.41, 5.74) is 5.97. The summed E-state index contributed by atoms with van der Waals surface area (Å²) in [7, 11) is 0. The molecule has 0 amide bonds. The zero-order chi connectivity index (χ0) is 14.4. The molecule has 7 heteroatoms. The highest BCUT2D eigenvalue weighted by atomic mass is 127. The quantitative estimate of drug-likeness (QED) is 0.460. The van der Waals surface area contributed by atoms with Crippen molar-refractivity contribution >= 4 is 29.9 Å². The number of halogens is 1. The van der Waals surface area contributed by atoms with Crippen LogP contribution in [0.25, 0.3) is 0 Å². The lowest BCUT2D eigenvalue weighted by atomic mass is 10.2. The third-order valence-corrected chi connectivity index (χ3v) is 3.88. The Labute approximate surface area is 144 Å². The van der Waals surface area contributed by atoms with Gasteiger partial charge in [-0.2, -0.15) is 0 Å². The molecule has 2 N–H and O–H groups in total. The van der Waals surface area contributed by atoms with E-state index in [1.54, 1.807) is 0 Å². The summed E-state index contributed by atoms with van der Waals surface area (Å²) < 4.78 is 2.27. The molecule has 0 radical (unpaired) electrons. The number of nitrogens with zero attached hydrogens (tertiary/aromatic N) is 5. The first kappa shape index (κ1) is 18.2. The highest BCUT2D eigenvalue weighted by molar-refractivity contribution is 14.0. The zero-order valence-corrected chi connectivity index (χ0v) is 15.4. The molecule has 2 rings (SSSR count). The minimum atomic E-state index is 0. The van der Waals surface area contributed by atoms with Gasteiger partial charge in [-0.3, -0.25) is 4.99 Å². The van der Waals surface area contributed by atoms with Crippen molar-refractivity contribution in [3.05, 3.63) is 11.6 Å². The van der Waals surface area contributed by atoms with Crippen molar-refractivity contribution < 1.29 is 0 Å². The third kappa shape index (κ3) is 4.82. The Morgan fingerprint density at radius 2 is 2.00 bits per heavy atom. The predicted molar refractivity (Wildman–Crippen MR) is 96.1 cm³/mol. The van der Waals surface area contributed by atoms with Crippen LogP contribution in [0, 0.1) is 0 Å². The molecule has 0 aromatic carbocycles. The van der Waals surface area contributed by atoms with Crippen molar-refractivity contribution in [1.82, 2.24) is 19.7 Å². The molecule has 1 aliphatic rings. The normalized spacial score (nSPS) is 15.0. The topological polar surface area (TPSA) is 72.3 Å². The van der Waals surface area contributed by atoms with Crippen LogP contribution < -0.4 is 5.73 Å². The number of aliphatic imine (C=N–C) groups is 1. The summed E-state index contributed by atoms with van der Waals surface area (Å²) in [6.45, 7) is 7.69. The number of fused-ring (bicyclic) bond motifs is 1. The molecule has 2 heterocycles. The Bertz CT molecular complexity index is 452. The minimum Gasteiger partial charge on any atom is -0.370 e. The van der Waals surface area contributed by atoms with E-state index in [0.717, 1.165) is 44.1 Å². The van der Waals surface area contributed by atoms with Crippen LogP contribution in [-0.4, -0.2) is 45.3 Å². The number of rotatable bonds is 5. The molecule has 0 aliphatic carbocycles. The van der Waals surface area contributed by atoms with E-state index >= 15 is 0 Å². The molecule has 21 heavy (non-hydrogen) atoms. The smallest absolute Gasteiger partial charge is 0.191 e. The summed E-state index contributed by atoms with van der Waals surface area (Å²) in [6, 6.07) is 0. The van der Waals surface area contributed by atoms with Gasteiger partial charge in [0.1, 0.15) is 11.6 Å². The monoisotopic (exact) mass is 406 g/mol. The maximum Gasteiger partial charge on any atom is 0.191 e. The first-order valence-electron chi connectivity index (χ1n) is 7.72. The Kier molecular flexibility index (Phi) is 7.98. The molecule has 1 aromatic rings. The molecule has 0 atom stereocenters. The number of aromatic nitrogens is 3. The number of aryl methyl sites for hydroxylation is 1. The Hall–Kier alpha value is -0.860. The zero-order valence-electron chi connectivity index (χ0n) is 13.1. The van der Waals surface area contributed by atoms with Crippen LogP contribution in [0.5, 0.6) is 0 Å². The van der Waals surface area contributed by atoms with Crippen molar-refractivity contribution in [2.75, 3.05) is 19.6 Å². The van der Waals surface area contributed by atoms with Gasteiger partial charge in [0.05, 0.1) is 0 Å². The summed E-state index contributed by atoms with van der Waals surface area (Å²) in [6.07, 6.45) is 5.61. The molecule has 120 valence electrons. The molecule has 0 unspecified atom stereocenters. The standard InChI is InChI=1S/C14H26N6.HI/c1-3-19(4-2)14(15)16-10-9-13-18-17-12-8-6-5-7-11-20(12)13;/h3-11H2,1-2H3,(H2,15,16);1H. The second-order valence-corrected chi connectivity index (χ2v) is 5.16. The summed E-state index contributed by atoms with van der Waals surface area (Å²) in [5, 5.41) is 8.62. The van der Waals surface area contributed by atoms with Gasteiger partial charge < -0.3 is 15.2 Å². The van der Waals surface area contributed by atoms with Crippen LogP contribution in [-0.2, 0) is 19.4 Å². The van der Waals surface area contributed by atoms with Crippen molar-refractivity contribution in [2.24, 2.45) is 10.7 Å². The molecule has 1 aromatic heterocycles. The minimum absolute atomic E-state index is 0. The maximum absolute atomic E-state index is 5.97. The van der Waals surface area contributed by atoms with Gasteiger partial charge in [0.15, 0.2) is 5.96 Å². The fraction of sp³-hybridized carbons (Fsp3) is 0.786. The van der Waals surface area contributed by atoms with E-state index in [-0.39, 0.29) is 24.0 Å². The van der Waals surface area contributed by atoms with Gasteiger partial charge in [0.2, 0.25) is 0 Å². The summed E-state index contributed by atoms with van der Waals surface area (Å²) in [4.78, 5) is 6.51. The molecule has 0 bridgehead atoms. The van der Waals surface area contributed by atoms with Crippen LogP contribution in [0.3, 0.4) is 0 Å². The number of hydrogen-bond acceptors (Lipinski definition) is 3. The number of nitrogens with two attached hydrogens (primary N) is 1. The molecule has 0 saturated carbocycles. The number of hydrogen-bond donors (Lipinski definition) is 1. The molecule has 6 nitrogen and oxygen atoms in total. The molecule has 0 fully saturated rings. The Morgan fingerprint density at radius 1 is 1.24 bits per heavy atom. The van der Waals surface area contributed by atoms with E-state index in [1.807, 2.05) is 0 Å². The van der Waals surface area contributed by atoms with Crippen molar-refractivity contribution in [2.45, 2.75) is 52.5 Å². The first-order valence-corrected chi connectivity index (χ1v) is 7.72. The lowest BCUT2D eigenvalue weighted by molar-refractivity contribution is 0.458. The molecular formula is C14H27IN6. The van der Waals surface area contributed by atoms with Gasteiger partial charge in [-0.15, -0.1) is 34.2 Å². The predicted octanol–water partition coefficient (Wildman–Crippen LogP) is 1.82. The lowest BCUT2D eigenvalue weighted by Crippen LogP contribution is -2.37. The van der Waals surface area contributed by atoms with Gasteiger partial charge in [0.25, 0.3) is 0 Å². The third-order valence-electron chi connectivity index (χ3n) is 3.88. The van der Waals surface area contributed by atoms with Gasteiger partial charge in [-0.05, 0) is 26.7 Å². The van der Waals surface area contributed by atoms with E-state index in [2.05, 4.69) is 38.5 Å². The van der Waals surface area contributed by atoms with Crippen molar-refractivity contribution in [3.63, 3.8) is 0 Å². The maximum atomic E-state index is 5.97. The van der Waals surface area contributed by atoms with E-state index in [0.29, 0.717) is 12.5 Å². The molecule has 1 aliphatic heterocycles. The van der Waals surface area contributed by atoms with Crippen molar-refractivity contribution in [1.29, 1.82) is 0 Å². The SMILES string of the molecule is CCN(CC)C(N)=NCCc1nnc2n1CCCCC2.I. The molecule has 0 saturated heterocycles. The van der Waals surface area contributed by atoms with Gasteiger partial charge in [-0.25, -0.2) is 0 Å². The van der Waals surface area contributed by atoms with Gasteiger partial charge in [-0.1, -0.05) is 6.42 Å². The largest absolute Gasteiger partial charge is 0.370 e. The second-order valence-electron chi connectivity index (χ2n) is 5.16. The molecule has 0 spiro atoms. The Morgan fingerprint density at radius 3 is 2.71 bits per heavy atom. The highest BCUT2D eigenvalue weighted by Crippen LogP contribution is 2.14. The van der Waals surface area contributed by atoms with Gasteiger partial charge >= 0.3 is 0 Å². The summed E-state index contributed by atoms with van der Waals surface area (Å²) >= 11 is 0. The fourth-order valence-electron chi connectivity index (χ4n) is 2.65. The fourth-order valence-corrected chi connectivity index (χ4v) is 2.65. The van der Waals surface area contributed by atoms with E-state index in [9.17, 15) is 0 Å². The van der Waals surface area contributed by atoms with Crippen LogP contribution >= 0.6 is 24.0 Å². The van der Waals surface area contributed by atoms with Crippen molar-refractivity contribution in [3.8, 4) is 0 Å². The van der Waals surface area contributed by atoms with E-state index < -0.39 is 0 Å². The van der Waals surface area contributed by atoms with Crippen LogP contribution in [0.2, 0.25) is 0 Å². The lowest BCUT2D eigenvalue weighted by Gasteiger charge is -2.19. The highest BCUT2D eigenvalue weighted by Gasteiger charge is 2.14. The van der Waals surface area contributed by atoms with Crippen LogP contribution in [0.4, 0.5) is 0 Å². The van der Waals surface area contributed by atoms with E-state index in [4.69, 9.17) is 5.73 Å². The van der Waals surface area contributed by atoms with E-state index in [1.165, 1.54) is 19.3 Å².